The topological polar surface area (TPSA) is 103 Å². The Morgan fingerprint density at radius 2 is 1.80 bits per heavy atom. The Morgan fingerprint density at radius 3 is 2.49 bits per heavy atom. The van der Waals surface area contributed by atoms with Crippen LogP contribution in [0.15, 0.2) is 72.8 Å². The number of ether oxygens (including phenoxy) is 2. The summed E-state index contributed by atoms with van der Waals surface area (Å²) in [6.45, 7) is 7.68. The molecule has 5 rings (SSSR count). The number of aliphatic hydroxyl groups excluding tert-OH is 1. The fraction of sp³-hybridized carbons (Fsp3) is 0.444. The lowest BCUT2D eigenvalue weighted by atomic mass is 9.80. The fourth-order valence-corrected chi connectivity index (χ4v) is 6.10. The SMILES string of the molecule is CC1CN(C(C)CO)C(=O)c2cccc(NCC3(C=O)CCNCC3)c2OC1CN(C)Cc1ccc(Oc2ccccc2)cc1. The summed E-state index contributed by atoms with van der Waals surface area (Å²) in [6, 6.07) is 23.0. The summed E-state index contributed by atoms with van der Waals surface area (Å²) in [5.41, 5.74) is 1.84. The molecular formula is C36H46N4O5. The number of amides is 1. The smallest absolute Gasteiger partial charge is 0.258 e. The van der Waals surface area contributed by atoms with Gasteiger partial charge in [0.25, 0.3) is 5.91 Å². The van der Waals surface area contributed by atoms with Gasteiger partial charge < -0.3 is 34.9 Å². The highest BCUT2D eigenvalue weighted by atomic mass is 16.5. The number of aldehydes is 1. The number of hydrogen-bond donors (Lipinski definition) is 3. The number of aliphatic hydroxyl groups is 1. The molecule has 3 aromatic rings. The summed E-state index contributed by atoms with van der Waals surface area (Å²) in [5, 5.41) is 16.8. The van der Waals surface area contributed by atoms with Gasteiger partial charge >= 0.3 is 0 Å². The number of carbonyl (C=O) groups excluding carboxylic acids is 2. The molecule has 3 unspecified atom stereocenters. The fourth-order valence-electron chi connectivity index (χ4n) is 6.10. The minimum Gasteiger partial charge on any atom is -0.486 e. The van der Waals surface area contributed by atoms with E-state index in [9.17, 15) is 14.7 Å². The summed E-state index contributed by atoms with van der Waals surface area (Å²) >= 11 is 0. The minimum absolute atomic E-state index is 0.0148. The number of nitrogens with zero attached hydrogens (tertiary/aromatic N) is 2. The maximum Gasteiger partial charge on any atom is 0.258 e. The van der Waals surface area contributed by atoms with Crippen molar-refractivity contribution < 1.29 is 24.2 Å². The molecule has 0 bridgehead atoms. The summed E-state index contributed by atoms with van der Waals surface area (Å²) < 4.78 is 12.7. The number of carbonyl (C=O) groups is 2. The molecule has 240 valence electrons. The van der Waals surface area contributed by atoms with E-state index in [2.05, 4.69) is 41.6 Å². The summed E-state index contributed by atoms with van der Waals surface area (Å²) in [4.78, 5) is 30.0. The first-order chi connectivity index (χ1) is 21.8. The number of rotatable bonds is 12. The third kappa shape index (κ3) is 8.03. The largest absolute Gasteiger partial charge is 0.486 e. The lowest BCUT2D eigenvalue weighted by molar-refractivity contribution is -0.116. The molecule has 2 aliphatic rings. The molecule has 1 saturated heterocycles. The van der Waals surface area contributed by atoms with Crippen LogP contribution in [0.1, 0.15) is 42.6 Å². The van der Waals surface area contributed by atoms with Gasteiger partial charge in [0.05, 0.1) is 23.9 Å². The maximum absolute atomic E-state index is 13.8. The van der Waals surface area contributed by atoms with E-state index in [4.69, 9.17) is 9.47 Å². The number of benzene rings is 3. The van der Waals surface area contributed by atoms with E-state index >= 15 is 0 Å². The predicted octanol–water partition coefficient (Wildman–Crippen LogP) is 4.81. The summed E-state index contributed by atoms with van der Waals surface area (Å²) in [7, 11) is 2.07. The molecule has 9 heteroatoms. The Labute approximate surface area is 266 Å². The number of para-hydroxylation sites is 2. The quantitative estimate of drug-likeness (QED) is 0.250. The van der Waals surface area contributed by atoms with Gasteiger partial charge in [0.15, 0.2) is 5.75 Å². The molecule has 0 aromatic heterocycles. The van der Waals surface area contributed by atoms with E-state index in [1.807, 2.05) is 61.5 Å². The molecule has 0 aliphatic carbocycles. The third-order valence-electron chi connectivity index (χ3n) is 9.02. The maximum atomic E-state index is 13.8. The van der Waals surface area contributed by atoms with Crippen molar-refractivity contribution in [1.29, 1.82) is 0 Å². The molecule has 3 atom stereocenters. The zero-order valence-corrected chi connectivity index (χ0v) is 26.6. The van der Waals surface area contributed by atoms with Crippen LogP contribution in [-0.4, -0.2) is 85.6 Å². The molecule has 0 radical (unpaired) electrons. The Balaban J connectivity index is 1.34. The average Bonchev–Trinajstić information content (AvgIpc) is 3.07. The van der Waals surface area contributed by atoms with Crippen LogP contribution in [0.3, 0.4) is 0 Å². The highest BCUT2D eigenvalue weighted by Gasteiger charge is 2.36. The lowest BCUT2D eigenvalue weighted by Gasteiger charge is -2.39. The van der Waals surface area contributed by atoms with E-state index in [1.54, 1.807) is 11.0 Å². The zero-order chi connectivity index (χ0) is 31.8. The van der Waals surface area contributed by atoms with Gasteiger partial charge in [0, 0.05) is 37.5 Å². The van der Waals surface area contributed by atoms with Gasteiger partial charge in [-0.3, -0.25) is 9.69 Å². The lowest BCUT2D eigenvalue weighted by Crippen LogP contribution is -2.49. The normalized spacial score (nSPS) is 20.4. The molecular weight excluding hydrogens is 568 g/mol. The Morgan fingerprint density at radius 1 is 1.09 bits per heavy atom. The van der Waals surface area contributed by atoms with Crippen LogP contribution in [-0.2, 0) is 11.3 Å². The van der Waals surface area contributed by atoms with E-state index in [1.165, 1.54) is 0 Å². The molecule has 0 saturated carbocycles. The molecule has 3 aromatic carbocycles. The van der Waals surface area contributed by atoms with E-state index < -0.39 is 5.41 Å². The Hall–Kier alpha value is -3.92. The van der Waals surface area contributed by atoms with Crippen LogP contribution < -0.4 is 20.1 Å². The molecule has 1 amide bonds. The van der Waals surface area contributed by atoms with Crippen LogP contribution in [0.2, 0.25) is 0 Å². The van der Waals surface area contributed by atoms with E-state index in [0.717, 1.165) is 49.3 Å². The first-order valence-electron chi connectivity index (χ1n) is 15.9. The molecule has 0 spiro atoms. The molecule has 2 aliphatic heterocycles. The molecule has 2 heterocycles. The van der Waals surface area contributed by atoms with Gasteiger partial charge in [-0.1, -0.05) is 43.3 Å². The monoisotopic (exact) mass is 614 g/mol. The highest BCUT2D eigenvalue weighted by Crippen LogP contribution is 2.36. The Bertz CT molecular complexity index is 1410. The van der Waals surface area contributed by atoms with E-state index in [-0.39, 0.29) is 30.6 Å². The molecule has 1 fully saturated rings. The van der Waals surface area contributed by atoms with Gasteiger partial charge in [-0.05, 0) is 81.9 Å². The van der Waals surface area contributed by atoms with Crippen molar-refractivity contribution in [1.82, 2.24) is 15.1 Å². The molecule has 9 nitrogen and oxygen atoms in total. The van der Waals surface area contributed by atoms with Gasteiger partial charge in [0.1, 0.15) is 23.9 Å². The predicted molar refractivity (Wildman–Crippen MR) is 176 cm³/mol. The van der Waals surface area contributed by atoms with Gasteiger partial charge in [-0.25, -0.2) is 0 Å². The Kier molecular flexibility index (Phi) is 10.8. The second-order valence-electron chi connectivity index (χ2n) is 12.6. The first-order valence-corrected chi connectivity index (χ1v) is 15.9. The first kappa shape index (κ1) is 32.5. The van der Waals surface area contributed by atoms with Gasteiger partial charge in [0.2, 0.25) is 0 Å². The standard InChI is InChI=1S/C36H46N4O5/c1-26-20-40(27(2)23-41)35(43)31-10-7-11-32(38-24-36(25-42)16-18-37-19-17-36)34(31)45-33(26)22-39(3)21-28-12-14-30(15-13-28)44-29-8-5-4-6-9-29/h4-15,25-27,33,37-38,41H,16-24H2,1-3H3. The number of nitrogens with one attached hydrogen (secondary N) is 2. The number of hydrogen-bond acceptors (Lipinski definition) is 8. The van der Waals surface area contributed by atoms with Crippen molar-refractivity contribution in [2.75, 3.05) is 51.7 Å². The van der Waals surface area contributed by atoms with Crippen molar-refractivity contribution in [2.45, 2.75) is 45.4 Å². The zero-order valence-electron chi connectivity index (χ0n) is 26.6. The summed E-state index contributed by atoms with van der Waals surface area (Å²) in [5.74, 6) is 1.90. The molecule has 3 N–H and O–H groups in total. The average molecular weight is 615 g/mol. The van der Waals surface area contributed by atoms with Crippen LogP contribution in [0, 0.1) is 11.3 Å². The number of piperidine rings is 1. The number of fused-ring (bicyclic) bond motifs is 1. The number of likely N-dealkylation sites (N-methyl/N-ethyl adjacent to an activating group) is 1. The van der Waals surface area contributed by atoms with Crippen molar-refractivity contribution in [3.63, 3.8) is 0 Å². The third-order valence-corrected chi connectivity index (χ3v) is 9.02. The minimum atomic E-state index is -0.467. The van der Waals surface area contributed by atoms with Crippen molar-refractivity contribution in [2.24, 2.45) is 11.3 Å². The summed E-state index contributed by atoms with van der Waals surface area (Å²) in [6.07, 6.45) is 2.34. The van der Waals surface area contributed by atoms with Crippen molar-refractivity contribution >= 4 is 17.9 Å². The van der Waals surface area contributed by atoms with Crippen molar-refractivity contribution in [3.05, 3.63) is 83.9 Å². The molecule has 45 heavy (non-hydrogen) atoms. The van der Waals surface area contributed by atoms with Crippen LogP contribution >= 0.6 is 0 Å². The highest BCUT2D eigenvalue weighted by molar-refractivity contribution is 5.99. The van der Waals surface area contributed by atoms with Gasteiger partial charge in [-0.15, -0.1) is 0 Å². The van der Waals surface area contributed by atoms with Crippen LogP contribution in [0.25, 0.3) is 0 Å². The van der Waals surface area contributed by atoms with Crippen LogP contribution in [0.4, 0.5) is 5.69 Å². The van der Waals surface area contributed by atoms with Crippen molar-refractivity contribution in [3.8, 4) is 17.2 Å². The van der Waals surface area contributed by atoms with Crippen LogP contribution in [0.5, 0.6) is 17.2 Å². The van der Waals surface area contributed by atoms with E-state index in [0.29, 0.717) is 43.2 Å². The second-order valence-corrected chi connectivity index (χ2v) is 12.6. The second kappa shape index (κ2) is 14.9. The number of anilines is 1. The van der Waals surface area contributed by atoms with Gasteiger partial charge in [-0.2, -0.15) is 0 Å².